The third-order valence-corrected chi connectivity index (χ3v) is 8.95. The van der Waals surface area contributed by atoms with Gasteiger partial charge in [0.1, 0.15) is 0 Å². The Kier molecular flexibility index (Phi) is 8.24. The Labute approximate surface area is 138 Å². The minimum atomic E-state index is -1.83. The molecule has 22 heavy (non-hydrogen) atoms. The molecule has 130 valence electrons. The van der Waals surface area contributed by atoms with Crippen LogP contribution in [0.1, 0.15) is 61.3 Å². The van der Waals surface area contributed by atoms with Crippen molar-refractivity contribution in [3.8, 4) is 0 Å². The van der Waals surface area contributed by atoms with Gasteiger partial charge < -0.3 is 9.53 Å². The van der Waals surface area contributed by atoms with Crippen molar-refractivity contribution >= 4 is 14.1 Å². The number of carbonyl (C=O) groups excluding carboxylic acids is 1. The van der Waals surface area contributed by atoms with E-state index in [-0.39, 0.29) is 23.3 Å². The minimum Gasteiger partial charge on any atom is -0.411 e. The van der Waals surface area contributed by atoms with Gasteiger partial charge in [0, 0.05) is 6.42 Å². The van der Waals surface area contributed by atoms with Crippen LogP contribution in [0, 0.1) is 5.92 Å². The fourth-order valence-corrected chi connectivity index (χ4v) is 3.47. The van der Waals surface area contributed by atoms with E-state index in [0.29, 0.717) is 17.9 Å². The molecule has 0 bridgehead atoms. The lowest BCUT2D eigenvalue weighted by Gasteiger charge is -2.38. The first-order valence-electron chi connectivity index (χ1n) is 8.33. The van der Waals surface area contributed by atoms with Gasteiger partial charge in [0.25, 0.3) is 0 Å². The highest BCUT2D eigenvalue weighted by Gasteiger charge is 2.38. The van der Waals surface area contributed by atoms with Crippen LogP contribution in [0.5, 0.6) is 0 Å². The molecule has 0 fully saturated rings. The topological polar surface area (TPSA) is 46.5 Å². The van der Waals surface area contributed by atoms with E-state index < -0.39 is 14.4 Å². The molecule has 0 aliphatic carbocycles. The van der Waals surface area contributed by atoms with Gasteiger partial charge in [-0.15, -0.1) is 0 Å². The molecule has 0 heterocycles. The van der Waals surface area contributed by atoms with Crippen LogP contribution < -0.4 is 0 Å². The smallest absolute Gasteiger partial charge is 0.192 e. The third-order valence-electron chi connectivity index (χ3n) is 4.38. The lowest BCUT2D eigenvalue weighted by atomic mass is 9.99. The van der Waals surface area contributed by atoms with E-state index in [0.717, 1.165) is 0 Å². The van der Waals surface area contributed by atoms with Crippen LogP contribution >= 0.6 is 0 Å². The summed E-state index contributed by atoms with van der Waals surface area (Å²) >= 11 is 0. The van der Waals surface area contributed by atoms with E-state index >= 15 is 0 Å². The molecule has 1 N–H and O–H groups in total. The van der Waals surface area contributed by atoms with Crippen LogP contribution in [0.15, 0.2) is 11.6 Å². The van der Waals surface area contributed by atoms with Crippen molar-refractivity contribution < 1.29 is 14.3 Å². The second-order valence-electron chi connectivity index (χ2n) is 8.34. The number of allylic oxidation sites excluding steroid dienone is 1. The summed E-state index contributed by atoms with van der Waals surface area (Å²) in [6.45, 7) is 18.9. The summed E-state index contributed by atoms with van der Waals surface area (Å²) < 4.78 is 6.24. The van der Waals surface area contributed by atoms with Crippen molar-refractivity contribution in [2.45, 2.75) is 91.6 Å². The van der Waals surface area contributed by atoms with E-state index in [2.05, 4.69) is 33.9 Å². The number of carbonyl (C=O) groups is 1. The maximum Gasteiger partial charge on any atom is 0.192 e. The number of rotatable bonds is 8. The molecule has 0 saturated heterocycles. The Bertz CT molecular complexity index is 392. The van der Waals surface area contributed by atoms with E-state index in [4.69, 9.17) is 4.43 Å². The van der Waals surface area contributed by atoms with Gasteiger partial charge in [-0.1, -0.05) is 40.7 Å². The number of aliphatic hydroxyl groups is 1. The molecule has 0 unspecified atom stereocenters. The molecule has 2 atom stereocenters. The summed E-state index contributed by atoms with van der Waals surface area (Å²) in [5.74, 6) is 0.409. The first-order valence-corrected chi connectivity index (χ1v) is 11.2. The highest BCUT2D eigenvalue weighted by molar-refractivity contribution is 6.74. The van der Waals surface area contributed by atoms with Gasteiger partial charge in [-0.05, 0) is 49.9 Å². The van der Waals surface area contributed by atoms with Crippen LogP contribution in [0.4, 0.5) is 0 Å². The van der Waals surface area contributed by atoms with Gasteiger partial charge in [0.05, 0.1) is 12.2 Å². The number of hydrogen-bond acceptors (Lipinski definition) is 3. The fraction of sp³-hybridized carbons (Fsp3) is 0.833. The Hall–Kier alpha value is -0.453. The van der Waals surface area contributed by atoms with Crippen molar-refractivity contribution in [3.63, 3.8) is 0 Å². The van der Waals surface area contributed by atoms with Crippen LogP contribution in [0.3, 0.4) is 0 Å². The predicted octanol–water partition coefficient (Wildman–Crippen LogP) is 4.71. The van der Waals surface area contributed by atoms with E-state index in [1.165, 1.54) is 0 Å². The summed E-state index contributed by atoms with van der Waals surface area (Å²) in [6.07, 6.45) is 2.13. The summed E-state index contributed by atoms with van der Waals surface area (Å²) in [4.78, 5) is 12.2. The molecular weight excluding hydrogens is 292 g/mol. The summed E-state index contributed by atoms with van der Waals surface area (Å²) in [5.41, 5.74) is 0.689. The second-order valence-corrected chi connectivity index (χ2v) is 13.1. The Morgan fingerprint density at radius 3 is 2.14 bits per heavy atom. The third kappa shape index (κ3) is 7.70. The molecule has 0 aromatic rings. The van der Waals surface area contributed by atoms with Gasteiger partial charge in [0.15, 0.2) is 14.1 Å². The standard InChI is InChI=1S/C18H36O3Si/c1-13(2)10-16(19)12-17(20)14(3)11-15(4)21-22(8,9)18(5,6)7/h11,13,15-16,19H,10,12H2,1-9H3/b14-11+/t15-,16+/m0/s1. The zero-order valence-corrected chi connectivity index (χ0v) is 17.0. The molecule has 0 spiro atoms. The number of ketones is 1. The molecule has 4 heteroatoms. The zero-order chi connectivity index (χ0) is 17.7. The average Bonchev–Trinajstić information content (AvgIpc) is 2.24. The Morgan fingerprint density at radius 2 is 1.73 bits per heavy atom. The molecule has 0 aromatic heterocycles. The second kappa shape index (κ2) is 8.41. The van der Waals surface area contributed by atoms with E-state index in [1.807, 2.05) is 33.8 Å². The monoisotopic (exact) mass is 328 g/mol. The van der Waals surface area contributed by atoms with Crippen molar-refractivity contribution in [2.24, 2.45) is 5.92 Å². The lowest BCUT2D eigenvalue weighted by Crippen LogP contribution is -2.43. The van der Waals surface area contributed by atoms with Crippen molar-refractivity contribution in [3.05, 3.63) is 11.6 Å². The lowest BCUT2D eigenvalue weighted by molar-refractivity contribution is -0.117. The molecule has 0 aliphatic heterocycles. The summed E-state index contributed by atoms with van der Waals surface area (Å²) in [7, 11) is -1.83. The minimum absolute atomic E-state index is 0.0128. The van der Waals surface area contributed by atoms with Gasteiger partial charge in [-0.2, -0.15) is 0 Å². The van der Waals surface area contributed by atoms with Crippen LogP contribution in [-0.4, -0.2) is 31.4 Å². The molecule has 0 radical (unpaired) electrons. The van der Waals surface area contributed by atoms with Crippen LogP contribution in [0.25, 0.3) is 0 Å². The number of hydrogen-bond donors (Lipinski definition) is 1. The van der Waals surface area contributed by atoms with Crippen molar-refractivity contribution in [2.75, 3.05) is 0 Å². The van der Waals surface area contributed by atoms with Crippen molar-refractivity contribution in [1.29, 1.82) is 0 Å². The summed E-state index contributed by atoms with van der Waals surface area (Å²) in [6, 6.07) is 0. The normalized spacial score (nSPS) is 16.8. The Morgan fingerprint density at radius 1 is 1.23 bits per heavy atom. The SMILES string of the molecule is C/C(=C\[C@H](C)O[Si](C)(C)C(C)(C)C)C(=O)C[C@H](O)CC(C)C. The molecule has 0 aromatic carbocycles. The van der Waals surface area contributed by atoms with Gasteiger partial charge in [0.2, 0.25) is 0 Å². The summed E-state index contributed by atoms with van der Waals surface area (Å²) in [5, 5.41) is 10.0. The van der Waals surface area contributed by atoms with Crippen LogP contribution in [0.2, 0.25) is 18.1 Å². The molecule has 0 aliphatic rings. The molecule has 3 nitrogen and oxygen atoms in total. The number of Topliss-reactive ketones (excluding diaryl/α,β-unsaturated/α-hetero) is 1. The maximum absolute atomic E-state index is 12.2. The van der Waals surface area contributed by atoms with Gasteiger partial charge >= 0.3 is 0 Å². The first-order chi connectivity index (χ1) is 9.76. The van der Waals surface area contributed by atoms with Crippen LogP contribution in [-0.2, 0) is 9.22 Å². The van der Waals surface area contributed by atoms with Gasteiger partial charge in [-0.3, -0.25) is 4.79 Å². The molecule has 0 rings (SSSR count). The molecule has 0 amide bonds. The quantitative estimate of drug-likeness (QED) is 0.518. The molecule has 0 saturated carbocycles. The maximum atomic E-state index is 12.2. The van der Waals surface area contributed by atoms with E-state index in [1.54, 1.807) is 0 Å². The Balaban J connectivity index is 4.67. The highest BCUT2D eigenvalue weighted by atomic mass is 28.4. The zero-order valence-electron chi connectivity index (χ0n) is 16.0. The van der Waals surface area contributed by atoms with Gasteiger partial charge in [-0.25, -0.2) is 0 Å². The predicted molar refractivity (Wildman–Crippen MR) is 96.6 cm³/mol. The number of aliphatic hydroxyl groups excluding tert-OH is 1. The average molecular weight is 329 g/mol. The largest absolute Gasteiger partial charge is 0.411 e. The fourth-order valence-electron chi connectivity index (χ4n) is 2.12. The van der Waals surface area contributed by atoms with E-state index in [9.17, 15) is 9.90 Å². The highest BCUT2D eigenvalue weighted by Crippen LogP contribution is 2.37. The first kappa shape index (κ1) is 21.5. The van der Waals surface area contributed by atoms with Crippen molar-refractivity contribution in [1.82, 2.24) is 0 Å². The molecular formula is C18H36O3Si.